The molecule has 2 N–H and O–H groups in total. The maximum atomic E-state index is 11.5. The van der Waals surface area contributed by atoms with Gasteiger partial charge in [-0.25, -0.2) is 18.4 Å². The number of nitrogens with zero attached hydrogens (tertiary/aromatic N) is 3. The van der Waals surface area contributed by atoms with Crippen LogP contribution in [0.15, 0.2) is 29.6 Å². The predicted octanol–water partition coefficient (Wildman–Crippen LogP) is 0.850. The molecule has 7 nitrogen and oxygen atoms in total. The third kappa shape index (κ3) is 3.27. The third-order valence-corrected chi connectivity index (χ3v) is 4.67. The van der Waals surface area contributed by atoms with Crippen molar-refractivity contribution >= 4 is 9.84 Å². The molecule has 0 atom stereocenters. The first-order valence-electron chi connectivity index (χ1n) is 7.11. The number of hydrogen-bond donors (Lipinski definition) is 2. The molecule has 0 amide bonds. The fourth-order valence-corrected chi connectivity index (χ4v) is 3.14. The third-order valence-electron chi connectivity index (χ3n) is 3.81. The SMILES string of the molecule is CS(=O)(=O)c1ncc2c(n1)CCN(Cc1cccc(O)c1O)C2. The molecule has 8 heteroatoms. The van der Waals surface area contributed by atoms with Gasteiger partial charge in [0.15, 0.2) is 11.5 Å². The van der Waals surface area contributed by atoms with Gasteiger partial charge in [-0.2, -0.15) is 0 Å². The number of benzene rings is 1. The summed E-state index contributed by atoms with van der Waals surface area (Å²) >= 11 is 0. The van der Waals surface area contributed by atoms with E-state index in [0.29, 0.717) is 31.6 Å². The van der Waals surface area contributed by atoms with E-state index in [1.807, 2.05) is 0 Å². The number of para-hydroxylation sites is 1. The van der Waals surface area contributed by atoms with Gasteiger partial charge in [-0.15, -0.1) is 0 Å². The van der Waals surface area contributed by atoms with Crippen molar-refractivity contribution in [3.63, 3.8) is 0 Å². The number of sulfone groups is 1. The van der Waals surface area contributed by atoms with Crippen molar-refractivity contribution in [2.45, 2.75) is 24.7 Å². The first-order valence-corrected chi connectivity index (χ1v) is 9.01. The minimum atomic E-state index is -3.41. The standard InChI is InChI=1S/C15H17N3O4S/c1-23(21,22)15-16-7-11-9-18(6-5-12(11)17-15)8-10-3-2-4-13(19)14(10)20/h2-4,7,19-20H,5-6,8-9H2,1H3. The van der Waals surface area contributed by atoms with Gasteiger partial charge < -0.3 is 10.2 Å². The molecule has 23 heavy (non-hydrogen) atoms. The lowest BCUT2D eigenvalue weighted by Gasteiger charge is -2.28. The van der Waals surface area contributed by atoms with Crippen molar-refractivity contribution in [2.75, 3.05) is 12.8 Å². The van der Waals surface area contributed by atoms with E-state index in [0.717, 1.165) is 17.5 Å². The lowest BCUT2D eigenvalue weighted by Crippen LogP contribution is -2.31. The van der Waals surface area contributed by atoms with E-state index in [-0.39, 0.29) is 16.7 Å². The molecular weight excluding hydrogens is 318 g/mol. The quantitative estimate of drug-likeness (QED) is 0.633. The molecule has 0 saturated carbocycles. The molecule has 0 radical (unpaired) electrons. The van der Waals surface area contributed by atoms with Gasteiger partial charge in [0.25, 0.3) is 0 Å². The first-order chi connectivity index (χ1) is 10.8. The van der Waals surface area contributed by atoms with Crippen LogP contribution in [0.4, 0.5) is 0 Å². The van der Waals surface area contributed by atoms with Crippen LogP contribution in [0.1, 0.15) is 16.8 Å². The maximum absolute atomic E-state index is 11.5. The number of phenols is 2. The number of hydrogen-bond acceptors (Lipinski definition) is 7. The second-order valence-electron chi connectivity index (χ2n) is 5.64. The van der Waals surface area contributed by atoms with Gasteiger partial charge in [-0.1, -0.05) is 12.1 Å². The van der Waals surface area contributed by atoms with Crippen molar-refractivity contribution in [3.8, 4) is 11.5 Å². The topological polar surface area (TPSA) is 104 Å². The summed E-state index contributed by atoms with van der Waals surface area (Å²) in [5.74, 6) is -0.247. The van der Waals surface area contributed by atoms with Crippen LogP contribution in [0.3, 0.4) is 0 Å². The highest BCUT2D eigenvalue weighted by Crippen LogP contribution is 2.30. The van der Waals surface area contributed by atoms with Gasteiger partial charge in [0.1, 0.15) is 0 Å². The fourth-order valence-electron chi connectivity index (χ4n) is 2.62. The molecule has 1 aromatic carbocycles. The molecule has 0 spiro atoms. The summed E-state index contributed by atoms with van der Waals surface area (Å²) in [7, 11) is -3.41. The van der Waals surface area contributed by atoms with Gasteiger partial charge in [-0.05, 0) is 6.07 Å². The normalized spacial score (nSPS) is 15.3. The highest BCUT2D eigenvalue weighted by molar-refractivity contribution is 7.90. The van der Waals surface area contributed by atoms with Crippen LogP contribution in [0.5, 0.6) is 11.5 Å². The number of aromatic nitrogens is 2. The van der Waals surface area contributed by atoms with Gasteiger partial charge in [0, 0.05) is 49.6 Å². The average molecular weight is 335 g/mol. The molecule has 1 aliphatic rings. The Labute approximate surface area is 134 Å². The monoisotopic (exact) mass is 335 g/mol. The zero-order valence-electron chi connectivity index (χ0n) is 12.6. The predicted molar refractivity (Wildman–Crippen MR) is 82.7 cm³/mol. The average Bonchev–Trinajstić information content (AvgIpc) is 2.50. The molecular formula is C15H17N3O4S. The van der Waals surface area contributed by atoms with Crippen molar-refractivity contribution < 1.29 is 18.6 Å². The van der Waals surface area contributed by atoms with Crippen molar-refractivity contribution in [1.82, 2.24) is 14.9 Å². The van der Waals surface area contributed by atoms with Gasteiger partial charge in [-0.3, -0.25) is 4.90 Å². The van der Waals surface area contributed by atoms with Crippen LogP contribution in [-0.2, 0) is 29.3 Å². The second kappa shape index (κ2) is 5.78. The Kier molecular flexibility index (Phi) is 3.95. The highest BCUT2D eigenvalue weighted by Gasteiger charge is 2.22. The first kappa shape index (κ1) is 15.7. The Hall–Kier alpha value is -2.19. The second-order valence-corrected chi connectivity index (χ2v) is 7.55. The van der Waals surface area contributed by atoms with E-state index < -0.39 is 9.84 Å². The summed E-state index contributed by atoms with van der Waals surface area (Å²) in [5.41, 5.74) is 2.27. The van der Waals surface area contributed by atoms with E-state index in [9.17, 15) is 18.6 Å². The van der Waals surface area contributed by atoms with Gasteiger partial charge in [0.2, 0.25) is 15.0 Å². The van der Waals surface area contributed by atoms with Crippen molar-refractivity contribution in [2.24, 2.45) is 0 Å². The van der Waals surface area contributed by atoms with Crippen LogP contribution in [0.2, 0.25) is 0 Å². The molecule has 0 saturated heterocycles. The fraction of sp³-hybridized carbons (Fsp3) is 0.333. The van der Waals surface area contributed by atoms with Crippen LogP contribution < -0.4 is 0 Å². The van der Waals surface area contributed by atoms with Crippen LogP contribution in [0, 0.1) is 0 Å². The van der Waals surface area contributed by atoms with E-state index in [4.69, 9.17) is 0 Å². The Morgan fingerprint density at radius 3 is 2.83 bits per heavy atom. The van der Waals surface area contributed by atoms with E-state index in [2.05, 4.69) is 14.9 Å². The molecule has 0 unspecified atom stereocenters. The van der Waals surface area contributed by atoms with Crippen LogP contribution in [0.25, 0.3) is 0 Å². The Balaban J connectivity index is 1.80. The Bertz CT molecular complexity index is 852. The zero-order valence-corrected chi connectivity index (χ0v) is 13.4. The molecule has 1 aromatic heterocycles. The molecule has 2 aromatic rings. The van der Waals surface area contributed by atoms with Gasteiger partial charge >= 0.3 is 0 Å². The highest BCUT2D eigenvalue weighted by atomic mass is 32.2. The molecule has 0 aliphatic carbocycles. The molecule has 0 fully saturated rings. The number of aromatic hydroxyl groups is 2. The molecule has 122 valence electrons. The smallest absolute Gasteiger partial charge is 0.246 e. The Morgan fingerprint density at radius 1 is 1.30 bits per heavy atom. The molecule has 3 rings (SSSR count). The summed E-state index contributed by atoms with van der Waals surface area (Å²) in [5, 5.41) is 19.3. The number of fused-ring (bicyclic) bond motifs is 1. The largest absolute Gasteiger partial charge is 0.504 e. The van der Waals surface area contributed by atoms with Crippen molar-refractivity contribution in [3.05, 3.63) is 41.2 Å². The molecule has 0 bridgehead atoms. The van der Waals surface area contributed by atoms with Crippen LogP contribution in [-0.4, -0.2) is 46.3 Å². The lowest BCUT2D eigenvalue weighted by molar-refractivity contribution is 0.238. The van der Waals surface area contributed by atoms with E-state index in [1.54, 1.807) is 18.3 Å². The lowest BCUT2D eigenvalue weighted by atomic mass is 10.1. The van der Waals surface area contributed by atoms with Crippen LogP contribution >= 0.6 is 0 Å². The minimum Gasteiger partial charge on any atom is -0.504 e. The van der Waals surface area contributed by atoms with E-state index >= 15 is 0 Å². The summed E-state index contributed by atoms with van der Waals surface area (Å²) in [6.07, 6.45) is 3.25. The maximum Gasteiger partial charge on any atom is 0.246 e. The number of phenolic OH excluding ortho intramolecular Hbond substituents is 2. The molecule has 2 heterocycles. The number of rotatable bonds is 3. The van der Waals surface area contributed by atoms with Gasteiger partial charge in [0.05, 0.1) is 5.69 Å². The zero-order chi connectivity index (χ0) is 16.6. The Morgan fingerprint density at radius 2 is 2.09 bits per heavy atom. The van der Waals surface area contributed by atoms with E-state index in [1.165, 1.54) is 6.07 Å². The summed E-state index contributed by atoms with van der Waals surface area (Å²) in [6.45, 7) is 1.73. The summed E-state index contributed by atoms with van der Waals surface area (Å²) < 4.78 is 23.0. The minimum absolute atomic E-state index is 0.109. The molecule has 1 aliphatic heterocycles. The summed E-state index contributed by atoms with van der Waals surface area (Å²) in [4.78, 5) is 10.1. The van der Waals surface area contributed by atoms with Crippen molar-refractivity contribution in [1.29, 1.82) is 0 Å². The summed E-state index contributed by atoms with van der Waals surface area (Å²) in [6, 6.07) is 4.88.